The predicted octanol–water partition coefficient (Wildman–Crippen LogP) is 2.76. The Labute approximate surface area is 160 Å². The first-order chi connectivity index (χ1) is 13.7. The number of aromatic nitrogens is 3. The van der Waals surface area contributed by atoms with Crippen molar-refractivity contribution in [2.45, 2.75) is 19.5 Å². The van der Waals surface area contributed by atoms with Gasteiger partial charge in [0.15, 0.2) is 5.76 Å². The number of amides is 1. The monoisotopic (exact) mass is 374 g/mol. The van der Waals surface area contributed by atoms with Gasteiger partial charge in [-0.3, -0.25) is 19.1 Å². The number of rotatable bonds is 6. The number of carbonyl (C=O) groups excluding carboxylic acids is 1. The van der Waals surface area contributed by atoms with E-state index in [-0.39, 0.29) is 24.4 Å². The van der Waals surface area contributed by atoms with Crippen molar-refractivity contribution in [3.05, 3.63) is 83.2 Å². The van der Waals surface area contributed by atoms with Gasteiger partial charge in [-0.25, -0.2) is 4.98 Å². The van der Waals surface area contributed by atoms with Crippen LogP contribution in [-0.4, -0.2) is 20.4 Å². The third-order valence-corrected chi connectivity index (χ3v) is 4.40. The van der Waals surface area contributed by atoms with E-state index in [1.807, 2.05) is 30.3 Å². The first-order valence-corrected chi connectivity index (χ1v) is 8.90. The molecule has 7 heteroatoms. The van der Waals surface area contributed by atoms with Gasteiger partial charge in [-0.2, -0.15) is 0 Å². The SMILES string of the molecule is O=C(CCn1cnc2ccccc2c1=O)NCc1ccc(-c2ccco2)nc1. The highest BCUT2D eigenvalue weighted by molar-refractivity contribution is 5.77. The van der Waals surface area contributed by atoms with E-state index in [0.29, 0.717) is 23.2 Å². The fourth-order valence-corrected chi connectivity index (χ4v) is 2.88. The molecule has 1 amide bonds. The molecule has 0 radical (unpaired) electrons. The van der Waals surface area contributed by atoms with Crippen molar-refractivity contribution in [3.8, 4) is 11.5 Å². The summed E-state index contributed by atoms with van der Waals surface area (Å²) >= 11 is 0. The molecule has 0 aliphatic carbocycles. The summed E-state index contributed by atoms with van der Waals surface area (Å²) in [6.07, 6.45) is 4.98. The number of fused-ring (bicyclic) bond motifs is 1. The van der Waals surface area contributed by atoms with E-state index in [4.69, 9.17) is 4.42 Å². The molecule has 0 saturated carbocycles. The van der Waals surface area contributed by atoms with Gasteiger partial charge in [-0.1, -0.05) is 18.2 Å². The van der Waals surface area contributed by atoms with E-state index in [2.05, 4.69) is 15.3 Å². The van der Waals surface area contributed by atoms with Crippen LogP contribution in [0.15, 0.2) is 76.5 Å². The maximum absolute atomic E-state index is 12.4. The third kappa shape index (κ3) is 3.83. The zero-order valence-corrected chi connectivity index (χ0v) is 15.0. The smallest absolute Gasteiger partial charge is 0.261 e. The molecule has 0 aliphatic heterocycles. The lowest BCUT2D eigenvalue weighted by Crippen LogP contribution is -2.27. The van der Waals surface area contributed by atoms with Gasteiger partial charge in [-0.05, 0) is 35.9 Å². The molecule has 4 rings (SSSR count). The first kappa shape index (κ1) is 17.7. The van der Waals surface area contributed by atoms with E-state index in [1.165, 1.54) is 10.9 Å². The number of benzene rings is 1. The summed E-state index contributed by atoms with van der Waals surface area (Å²) in [4.78, 5) is 33.2. The van der Waals surface area contributed by atoms with Crippen molar-refractivity contribution in [2.24, 2.45) is 0 Å². The van der Waals surface area contributed by atoms with Crippen LogP contribution in [0.1, 0.15) is 12.0 Å². The van der Waals surface area contributed by atoms with Crippen molar-refractivity contribution in [2.75, 3.05) is 0 Å². The molecule has 1 N–H and O–H groups in total. The number of carbonyl (C=O) groups is 1. The van der Waals surface area contributed by atoms with Crippen LogP contribution >= 0.6 is 0 Å². The molecule has 0 aliphatic rings. The molecule has 4 aromatic rings. The second kappa shape index (κ2) is 7.87. The van der Waals surface area contributed by atoms with Gasteiger partial charge >= 0.3 is 0 Å². The summed E-state index contributed by atoms with van der Waals surface area (Å²) < 4.78 is 6.76. The minimum atomic E-state index is -0.143. The summed E-state index contributed by atoms with van der Waals surface area (Å²) in [5.41, 5.74) is 2.13. The normalized spacial score (nSPS) is 10.9. The Bertz CT molecular complexity index is 1150. The van der Waals surface area contributed by atoms with E-state index >= 15 is 0 Å². The van der Waals surface area contributed by atoms with Gasteiger partial charge in [0.1, 0.15) is 5.69 Å². The number of hydrogen-bond acceptors (Lipinski definition) is 5. The molecule has 3 aromatic heterocycles. The number of furan rings is 1. The lowest BCUT2D eigenvalue weighted by Gasteiger charge is -2.08. The van der Waals surface area contributed by atoms with Gasteiger partial charge in [0.2, 0.25) is 5.91 Å². The van der Waals surface area contributed by atoms with Crippen LogP contribution in [0.3, 0.4) is 0 Å². The fourth-order valence-electron chi connectivity index (χ4n) is 2.88. The number of pyridine rings is 1. The highest BCUT2D eigenvalue weighted by Crippen LogP contribution is 2.17. The van der Waals surface area contributed by atoms with E-state index < -0.39 is 0 Å². The molecule has 0 unspecified atom stereocenters. The predicted molar refractivity (Wildman–Crippen MR) is 104 cm³/mol. The summed E-state index contributed by atoms with van der Waals surface area (Å²) in [7, 11) is 0. The molecule has 1 aromatic carbocycles. The number of para-hydroxylation sites is 1. The standard InChI is InChI=1S/C21H18N4O3/c26-20(9-10-25-14-24-17-5-2-1-4-16(17)21(25)27)23-13-15-7-8-18(22-12-15)19-6-3-11-28-19/h1-8,11-12,14H,9-10,13H2,(H,23,26). The van der Waals surface area contributed by atoms with E-state index in [0.717, 1.165) is 11.3 Å². The Kier molecular flexibility index (Phi) is 4.97. The van der Waals surface area contributed by atoms with Crippen molar-refractivity contribution in [3.63, 3.8) is 0 Å². The van der Waals surface area contributed by atoms with Crippen molar-refractivity contribution < 1.29 is 9.21 Å². The van der Waals surface area contributed by atoms with Crippen molar-refractivity contribution in [1.29, 1.82) is 0 Å². The Morgan fingerprint density at radius 3 is 2.75 bits per heavy atom. The Hall–Kier alpha value is -3.74. The number of hydrogen-bond donors (Lipinski definition) is 1. The Morgan fingerprint density at radius 1 is 1.07 bits per heavy atom. The third-order valence-electron chi connectivity index (χ3n) is 4.40. The molecule has 7 nitrogen and oxygen atoms in total. The Morgan fingerprint density at radius 2 is 1.96 bits per heavy atom. The Balaban J connectivity index is 1.33. The van der Waals surface area contributed by atoms with E-state index in [9.17, 15) is 9.59 Å². The molecule has 28 heavy (non-hydrogen) atoms. The highest BCUT2D eigenvalue weighted by atomic mass is 16.3. The van der Waals surface area contributed by atoms with Gasteiger partial charge in [0.25, 0.3) is 5.56 Å². The lowest BCUT2D eigenvalue weighted by molar-refractivity contribution is -0.121. The maximum atomic E-state index is 12.4. The zero-order chi connectivity index (χ0) is 19.3. The quantitative estimate of drug-likeness (QED) is 0.560. The van der Waals surface area contributed by atoms with Crippen molar-refractivity contribution >= 4 is 16.8 Å². The minimum absolute atomic E-state index is 0.142. The molecule has 0 atom stereocenters. The maximum Gasteiger partial charge on any atom is 0.261 e. The number of nitrogens with one attached hydrogen (secondary N) is 1. The number of aryl methyl sites for hydroxylation is 1. The molecule has 140 valence electrons. The second-order valence-electron chi connectivity index (χ2n) is 6.32. The largest absolute Gasteiger partial charge is 0.463 e. The summed E-state index contributed by atoms with van der Waals surface area (Å²) in [5.74, 6) is 0.556. The van der Waals surface area contributed by atoms with Crippen LogP contribution in [0.25, 0.3) is 22.4 Å². The van der Waals surface area contributed by atoms with Crippen LogP contribution in [-0.2, 0) is 17.9 Å². The summed E-state index contributed by atoms with van der Waals surface area (Å²) in [6.45, 7) is 0.646. The van der Waals surface area contributed by atoms with Gasteiger partial charge in [0, 0.05) is 25.7 Å². The van der Waals surface area contributed by atoms with Gasteiger partial charge in [0.05, 0.1) is 23.5 Å². The van der Waals surface area contributed by atoms with Crippen LogP contribution in [0.2, 0.25) is 0 Å². The van der Waals surface area contributed by atoms with Crippen LogP contribution in [0.4, 0.5) is 0 Å². The lowest BCUT2D eigenvalue weighted by atomic mass is 10.2. The zero-order valence-electron chi connectivity index (χ0n) is 15.0. The van der Waals surface area contributed by atoms with Gasteiger partial charge in [-0.15, -0.1) is 0 Å². The molecule has 0 spiro atoms. The van der Waals surface area contributed by atoms with E-state index in [1.54, 1.807) is 30.7 Å². The molecule has 0 fully saturated rings. The average Bonchev–Trinajstić information content (AvgIpc) is 3.27. The molecular formula is C21H18N4O3. The van der Waals surface area contributed by atoms with Crippen LogP contribution in [0, 0.1) is 0 Å². The fraction of sp³-hybridized carbons (Fsp3) is 0.143. The van der Waals surface area contributed by atoms with Crippen molar-refractivity contribution in [1.82, 2.24) is 19.9 Å². The molecule has 3 heterocycles. The average molecular weight is 374 g/mol. The minimum Gasteiger partial charge on any atom is -0.463 e. The highest BCUT2D eigenvalue weighted by Gasteiger charge is 2.07. The first-order valence-electron chi connectivity index (χ1n) is 8.90. The second-order valence-corrected chi connectivity index (χ2v) is 6.32. The summed E-state index contributed by atoms with van der Waals surface area (Å²) in [6, 6.07) is 14.5. The van der Waals surface area contributed by atoms with Crippen LogP contribution < -0.4 is 10.9 Å². The molecule has 0 saturated heterocycles. The topological polar surface area (TPSA) is 90.0 Å². The molecular weight excluding hydrogens is 356 g/mol. The van der Waals surface area contributed by atoms with Gasteiger partial charge < -0.3 is 9.73 Å². The number of nitrogens with zero attached hydrogens (tertiary/aromatic N) is 3. The summed E-state index contributed by atoms with van der Waals surface area (Å²) in [5, 5.41) is 3.39. The molecule has 0 bridgehead atoms. The van der Waals surface area contributed by atoms with Crippen LogP contribution in [0.5, 0.6) is 0 Å².